The van der Waals surface area contributed by atoms with E-state index in [0.29, 0.717) is 24.6 Å². The molecule has 0 saturated heterocycles. The fourth-order valence-corrected chi connectivity index (χ4v) is 3.92. The van der Waals surface area contributed by atoms with Gasteiger partial charge in [0.05, 0.1) is 18.4 Å². The molecule has 1 aliphatic rings. The summed E-state index contributed by atoms with van der Waals surface area (Å²) in [6.45, 7) is 6.29. The van der Waals surface area contributed by atoms with Crippen LogP contribution in [0.1, 0.15) is 43.0 Å². The fraction of sp³-hybridized carbons (Fsp3) is 0.400. The van der Waals surface area contributed by atoms with Crippen molar-refractivity contribution in [2.45, 2.75) is 39.3 Å². The van der Waals surface area contributed by atoms with Crippen molar-refractivity contribution in [1.29, 1.82) is 0 Å². The zero-order valence-electron chi connectivity index (χ0n) is 19.5. The Morgan fingerprint density at radius 1 is 1.21 bits per heavy atom. The van der Waals surface area contributed by atoms with Crippen molar-refractivity contribution in [3.63, 3.8) is 0 Å². The molecule has 3 rings (SSSR count). The van der Waals surface area contributed by atoms with Crippen LogP contribution in [0.25, 0.3) is 0 Å². The molecule has 2 aromatic rings. The second-order valence-corrected chi connectivity index (χ2v) is 8.82. The Morgan fingerprint density at radius 3 is 2.55 bits per heavy atom. The monoisotopic (exact) mass is 470 g/mol. The molecule has 1 heterocycles. The highest BCUT2D eigenvalue weighted by atomic mass is 35.5. The molecule has 0 aromatic heterocycles. The van der Waals surface area contributed by atoms with E-state index in [4.69, 9.17) is 16.3 Å². The number of halogens is 1. The molecule has 2 aromatic carbocycles. The van der Waals surface area contributed by atoms with Gasteiger partial charge >= 0.3 is 6.03 Å². The van der Waals surface area contributed by atoms with Crippen LogP contribution in [0.4, 0.5) is 4.79 Å². The number of urea groups is 1. The van der Waals surface area contributed by atoms with E-state index in [1.165, 1.54) is 9.91 Å². The number of carbonyl (C=O) groups excluding carboxylic acids is 2. The molecule has 0 bridgehead atoms. The van der Waals surface area contributed by atoms with E-state index < -0.39 is 0 Å². The zero-order valence-corrected chi connectivity index (χ0v) is 20.3. The third kappa shape index (κ3) is 6.33. The topological polar surface area (TPSA) is 74.2 Å². The molecule has 1 N–H and O–H groups in total. The lowest BCUT2D eigenvalue weighted by atomic mass is 9.97. The van der Waals surface area contributed by atoms with Gasteiger partial charge in [-0.25, -0.2) is 9.80 Å². The lowest BCUT2D eigenvalue weighted by molar-refractivity contribution is -0.133. The van der Waals surface area contributed by atoms with Gasteiger partial charge in [-0.05, 0) is 32.4 Å². The fourth-order valence-electron chi connectivity index (χ4n) is 3.67. The highest BCUT2D eigenvalue weighted by Crippen LogP contribution is 2.34. The van der Waals surface area contributed by atoms with Crippen molar-refractivity contribution in [1.82, 2.24) is 15.2 Å². The van der Waals surface area contributed by atoms with Gasteiger partial charge < -0.3 is 15.0 Å². The number of hydrazone groups is 1. The highest BCUT2D eigenvalue weighted by molar-refractivity contribution is 6.34. The lowest BCUT2D eigenvalue weighted by Crippen LogP contribution is -2.48. The predicted molar refractivity (Wildman–Crippen MR) is 130 cm³/mol. The number of benzene rings is 2. The largest absolute Gasteiger partial charge is 0.383 e. The number of nitrogens with zero attached hydrogens (tertiary/aromatic N) is 3. The lowest BCUT2D eigenvalue weighted by Gasteiger charge is -2.27. The molecular weight excluding hydrogens is 440 g/mol. The van der Waals surface area contributed by atoms with E-state index in [2.05, 4.69) is 10.4 Å². The smallest absolute Gasteiger partial charge is 0.318 e. The Morgan fingerprint density at radius 2 is 1.91 bits per heavy atom. The van der Waals surface area contributed by atoms with Crippen LogP contribution in [0.5, 0.6) is 0 Å². The van der Waals surface area contributed by atoms with E-state index in [-0.39, 0.29) is 30.6 Å². The van der Waals surface area contributed by atoms with Crippen molar-refractivity contribution >= 4 is 29.3 Å². The number of methoxy groups -OCH3 is 1. The molecule has 0 aliphatic carbocycles. The summed E-state index contributed by atoms with van der Waals surface area (Å²) in [6, 6.07) is 14.9. The number of rotatable bonds is 8. The maximum atomic E-state index is 13.4. The molecule has 8 heteroatoms. The summed E-state index contributed by atoms with van der Waals surface area (Å²) in [5.41, 5.74) is 3.67. The average molecular weight is 471 g/mol. The Kier molecular flexibility index (Phi) is 8.47. The molecule has 1 aliphatic heterocycles. The minimum absolute atomic E-state index is 0.0467. The molecule has 33 heavy (non-hydrogen) atoms. The minimum atomic E-state index is -0.309. The number of hydrogen-bond donors (Lipinski definition) is 1. The van der Waals surface area contributed by atoms with Crippen molar-refractivity contribution in [3.8, 4) is 0 Å². The van der Waals surface area contributed by atoms with Crippen LogP contribution in [0.2, 0.25) is 5.02 Å². The van der Waals surface area contributed by atoms with Crippen LogP contribution in [0, 0.1) is 6.92 Å². The predicted octanol–water partition coefficient (Wildman–Crippen LogP) is 4.39. The Bertz CT molecular complexity index is 1010. The number of aryl methyl sites for hydroxylation is 1. The van der Waals surface area contributed by atoms with Crippen molar-refractivity contribution < 1.29 is 14.3 Å². The van der Waals surface area contributed by atoms with Gasteiger partial charge in [-0.2, -0.15) is 5.10 Å². The molecule has 0 radical (unpaired) electrons. The Hall–Kier alpha value is -2.90. The van der Waals surface area contributed by atoms with E-state index >= 15 is 0 Å². The Labute approximate surface area is 200 Å². The summed E-state index contributed by atoms with van der Waals surface area (Å²) in [7, 11) is 1.56. The third-order valence-corrected chi connectivity index (χ3v) is 5.73. The number of nitrogens with one attached hydrogen (secondary N) is 1. The van der Waals surface area contributed by atoms with Crippen LogP contribution in [0.15, 0.2) is 53.6 Å². The molecule has 1 atom stereocenters. The van der Waals surface area contributed by atoms with E-state index in [0.717, 1.165) is 22.4 Å². The van der Waals surface area contributed by atoms with Crippen LogP contribution in [-0.2, 0) is 9.53 Å². The van der Waals surface area contributed by atoms with Gasteiger partial charge in [0.15, 0.2) is 0 Å². The van der Waals surface area contributed by atoms with Gasteiger partial charge in [-0.3, -0.25) is 4.79 Å². The van der Waals surface area contributed by atoms with Gasteiger partial charge in [0, 0.05) is 36.7 Å². The molecule has 3 amide bonds. The van der Waals surface area contributed by atoms with E-state index in [9.17, 15) is 9.59 Å². The standard InChI is InChI=1S/C25H31ClN4O3/c1-17(2)27-25(32)29(13-14-33-4)16-24(31)30-23(19-11-9-18(3)10-12-19)15-22(28-30)20-7-5-6-8-21(20)26/h5-12,17,23H,13-16H2,1-4H3,(H,27,32). The number of ether oxygens (including phenoxy) is 1. The van der Waals surface area contributed by atoms with Crippen molar-refractivity contribution in [2.24, 2.45) is 5.10 Å². The zero-order chi connectivity index (χ0) is 24.0. The third-order valence-electron chi connectivity index (χ3n) is 5.40. The SMILES string of the molecule is COCCN(CC(=O)N1N=C(c2ccccc2Cl)CC1c1ccc(C)cc1)C(=O)NC(C)C. The first kappa shape index (κ1) is 24.7. The van der Waals surface area contributed by atoms with E-state index in [1.54, 1.807) is 7.11 Å². The molecule has 0 fully saturated rings. The second kappa shape index (κ2) is 11.3. The van der Waals surface area contributed by atoms with Crippen molar-refractivity contribution in [2.75, 3.05) is 26.8 Å². The molecule has 0 saturated carbocycles. The normalized spacial score (nSPS) is 15.5. The second-order valence-electron chi connectivity index (χ2n) is 8.41. The van der Waals surface area contributed by atoms with Crippen LogP contribution in [-0.4, -0.2) is 60.4 Å². The van der Waals surface area contributed by atoms with Crippen LogP contribution >= 0.6 is 11.6 Å². The number of carbonyl (C=O) groups is 2. The Balaban J connectivity index is 1.89. The maximum absolute atomic E-state index is 13.4. The van der Waals surface area contributed by atoms with Gasteiger partial charge in [0.2, 0.25) is 0 Å². The maximum Gasteiger partial charge on any atom is 0.318 e. The first-order valence-electron chi connectivity index (χ1n) is 11.1. The molecule has 176 valence electrons. The minimum Gasteiger partial charge on any atom is -0.383 e. The van der Waals surface area contributed by atoms with Crippen LogP contribution < -0.4 is 5.32 Å². The first-order valence-corrected chi connectivity index (χ1v) is 11.4. The van der Waals surface area contributed by atoms with Gasteiger partial charge in [-0.15, -0.1) is 0 Å². The summed E-state index contributed by atoms with van der Waals surface area (Å²) in [5, 5.41) is 9.61. The van der Waals surface area contributed by atoms with Gasteiger partial charge in [-0.1, -0.05) is 59.6 Å². The summed E-state index contributed by atoms with van der Waals surface area (Å²) < 4.78 is 5.14. The van der Waals surface area contributed by atoms with Gasteiger partial charge in [0.25, 0.3) is 5.91 Å². The summed E-state index contributed by atoms with van der Waals surface area (Å²) in [5.74, 6) is -0.266. The summed E-state index contributed by atoms with van der Waals surface area (Å²) in [6.07, 6.45) is 0.537. The molecule has 1 unspecified atom stereocenters. The van der Waals surface area contributed by atoms with E-state index in [1.807, 2.05) is 69.3 Å². The number of hydrogen-bond acceptors (Lipinski definition) is 4. The van der Waals surface area contributed by atoms with Crippen LogP contribution in [0.3, 0.4) is 0 Å². The first-order chi connectivity index (χ1) is 15.8. The van der Waals surface area contributed by atoms with Crippen molar-refractivity contribution in [3.05, 3.63) is 70.2 Å². The highest BCUT2D eigenvalue weighted by Gasteiger charge is 2.34. The summed E-state index contributed by atoms with van der Waals surface area (Å²) >= 11 is 6.42. The molecule has 0 spiro atoms. The molecular formula is C25H31ClN4O3. The van der Waals surface area contributed by atoms with Gasteiger partial charge in [0.1, 0.15) is 6.54 Å². The molecule has 7 nitrogen and oxygen atoms in total. The number of amides is 3. The average Bonchev–Trinajstić information content (AvgIpc) is 3.22. The summed E-state index contributed by atoms with van der Waals surface area (Å²) in [4.78, 5) is 27.6. The quantitative estimate of drug-likeness (QED) is 0.621.